The molecule has 5 heteroatoms. The van der Waals surface area contributed by atoms with E-state index in [1.165, 1.54) is 11.3 Å². The molecule has 1 atom stereocenters. The van der Waals surface area contributed by atoms with Crippen molar-refractivity contribution in [3.63, 3.8) is 0 Å². The quantitative estimate of drug-likeness (QED) is 0.752. The van der Waals surface area contributed by atoms with E-state index in [9.17, 15) is 4.79 Å². The molecule has 1 aromatic heterocycles. The maximum absolute atomic E-state index is 11.5. The van der Waals surface area contributed by atoms with E-state index in [1.807, 2.05) is 6.92 Å². The molecule has 1 aromatic rings. The molecule has 3 nitrogen and oxygen atoms in total. The van der Waals surface area contributed by atoms with Crippen LogP contribution in [0.2, 0.25) is 4.47 Å². The predicted molar refractivity (Wildman–Crippen MR) is 59.3 cm³/mol. The molecule has 0 aromatic carbocycles. The molecule has 0 saturated heterocycles. The highest BCUT2D eigenvalue weighted by molar-refractivity contribution is 7.15. The Hall–Kier alpha value is -0.610. The number of halogens is 1. The number of hydrogen-bond acceptors (Lipinski definition) is 4. The van der Waals surface area contributed by atoms with Gasteiger partial charge in [-0.3, -0.25) is 4.79 Å². The summed E-state index contributed by atoms with van der Waals surface area (Å²) >= 11 is 7.31. The first-order valence-corrected chi connectivity index (χ1v) is 6.21. The number of carbonyl (C=O) groups excluding carboxylic acids is 1. The first kappa shape index (κ1) is 10.9. The van der Waals surface area contributed by atoms with E-state index in [1.54, 1.807) is 0 Å². The van der Waals surface area contributed by atoms with Crippen molar-refractivity contribution in [3.05, 3.63) is 15.0 Å². The van der Waals surface area contributed by atoms with Crippen LogP contribution in [-0.4, -0.2) is 17.6 Å². The summed E-state index contributed by atoms with van der Waals surface area (Å²) in [7, 11) is 0. The molecule has 0 unspecified atom stereocenters. The standard InChI is InChI=1S/C10H12ClNO2S/c1-2-14-9(13)6-3-4-7-8(5-6)15-10(11)12-7/h6H,2-5H2,1H3/t6-/m1/s1. The maximum atomic E-state index is 11.5. The molecule has 0 radical (unpaired) electrons. The average Bonchev–Trinajstić information content (AvgIpc) is 2.57. The number of rotatable bonds is 2. The molecule has 15 heavy (non-hydrogen) atoms. The van der Waals surface area contributed by atoms with Crippen LogP contribution < -0.4 is 0 Å². The fraction of sp³-hybridized carbons (Fsp3) is 0.600. The Kier molecular flexibility index (Phi) is 3.26. The number of esters is 1. The van der Waals surface area contributed by atoms with Crippen LogP contribution in [-0.2, 0) is 22.4 Å². The lowest BCUT2D eigenvalue weighted by molar-refractivity contribution is -0.148. The normalized spacial score (nSPS) is 19.7. The fourth-order valence-electron chi connectivity index (χ4n) is 1.80. The van der Waals surface area contributed by atoms with Gasteiger partial charge in [-0.05, 0) is 26.2 Å². The van der Waals surface area contributed by atoms with Crippen molar-refractivity contribution in [2.24, 2.45) is 5.92 Å². The number of aromatic nitrogens is 1. The summed E-state index contributed by atoms with van der Waals surface area (Å²) in [6.07, 6.45) is 2.40. The van der Waals surface area contributed by atoms with Crippen molar-refractivity contribution in [1.82, 2.24) is 4.98 Å². The van der Waals surface area contributed by atoms with E-state index in [-0.39, 0.29) is 11.9 Å². The lowest BCUT2D eigenvalue weighted by Gasteiger charge is -2.19. The van der Waals surface area contributed by atoms with Gasteiger partial charge in [0.1, 0.15) is 0 Å². The molecule has 0 N–H and O–H groups in total. The minimum atomic E-state index is -0.0901. The van der Waals surface area contributed by atoms with Crippen molar-refractivity contribution in [2.75, 3.05) is 6.61 Å². The van der Waals surface area contributed by atoms with Crippen molar-refractivity contribution in [3.8, 4) is 0 Å². The van der Waals surface area contributed by atoms with Crippen LogP contribution in [0.25, 0.3) is 0 Å². The molecule has 1 aliphatic rings. The number of fused-ring (bicyclic) bond motifs is 1. The Bertz CT molecular complexity index is 377. The summed E-state index contributed by atoms with van der Waals surface area (Å²) in [5.74, 6) is -0.0957. The highest BCUT2D eigenvalue weighted by atomic mass is 35.5. The van der Waals surface area contributed by atoms with E-state index in [0.29, 0.717) is 11.1 Å². The zero-order valence-corrected chi connectivity index (χ0v) is 10.0. The zero-order chi connectivity index (χ0) is 10.8. The van der Waals surface area contributed by atoms with Crippen LogP contribution >= 0.6 is 22.9 Å². The van der Waals surface area contributed by atoms with E-state index in [2.05, 4.69) is 4.98 Å². The monoisotopic (exact) mass is 245 g/mol. The number of ether oxygens (including phenoxy) is 1. The van der Waals surface area contributed by atoms with E-state index in [0.717, 1.165) is 29.8 Å². The molecular formula is C10H12ClNO2S. The van der Waals surface area contributed by atoms with Gasteiger partial charge in [-0.25, -0.2) is 4.98 Å². The van der Waals surface area contributed by atoms with Crippen LogP contribution in [0, 0.1) is 5.92 Å². The average molecular weight is 246 g/mol. The van der Waals surface area contributed by atoms with Gasteiger partial charge in [0.15, 0.2) is 4.47 Å². The molecule has 0 saturated carbocycles. The second-order valence-corrected chi connectivity index (χ2v) is 5.19. The van der Waals surface area contributed by atoms with Gasteiger partial charge in [0.25, 0.3) is 0 Å². The van der Waals surface area contributed by atoms with Gasteiger partial charge >= 0.3 is 5.97 Å². The third-order valence-corrected chi connectivity index (χ3v) is 3.76. The Morgan fingerprint density at radius 1 is 1.73 bits per heavy atom. The molecule has 82 valence electrons. The number of aryl methyl sites for hydroxylation is 1. The molecular weight excluding hydrogens is 234 g/mol. The first-order valence-electron chi connectivity index (χ1n) is 5.01. The third-order valence-electron chi connectivity index (χ3n) is 2.53. The van der Waals surface area contributed by atoms with Crippen LogP contribution in [0.1, 0.15) is 23.9 Å². The fourth-order valence-corrected chi connectivity index (χ4v) is 3.10. The van der Waals surface area contributed by atoms with Gasteiger partial charge in [-0.15, -0.1) is 11.3 Å². The molecule has 0 aliphatic heterocycles. The second kappa shape index (κ2) is 4.49. The zero-order valence-electron chi connectivity index (χ0n) is 8.46. The van der Waals surface area contributed by atoms with Gasteiger partial charge in [0.05, 0.1) is 18.2 Å². The highest BCUT2D eigenvalue weighted by Crippen LogP contribution is 2.32. The maximum Gasteiger partial charge on any atom is 0.309 e. The Balaban J connectivity index is 2.08. The summed E-state index contributed by atoms with van der Waals surface area (Å²) in [6, 6.07) is 0. The number of thiazole rings is 1. The summed E-state index contributed by atoms with van der Waals surface area (Å²) in [5.41, 5.74) is 1.06. The number of carbonyl (C=O) groups is 1. The summed E-state index contributed by atoms with van der Waals surface area (Å²) in [6.45, 7) is 2.28. The van der Waals surface area contributed by atoms with Gasteiger partial charge in [0.2, 0.25) is 0 Å². The molecule has 0 spiro atoms. The van der Waals surface area contributed by atoms with Crippen molar-refractivity contribution in [2.45, 2.75) is 26.2 Å². The Morgan fingerprint density at radius 3 is 3.27 bits per heavy atom. The molecule has 0 fully saturated rings. The van der Waals surface area contributed by atoms with Gasteiger partial charge in [-0.1, -0.05) is 11.6 Å². The largest absolute Gasteiger partial charge is 0.466 e. The van der Waals surface area contributed by atoms with Crippen LogP contribution in [0.5, 0.6) is 0 Å². The van der Waals surface area contributed by atoms with Gasteiger partial charge in [-0.2, -0.15) is 0 Å². The lowest BCUT2D eigenvalue weighted by atomic mass is 9.91. The topological polar surface area (TPSA) is 39.2 Å². The summed E-state index contributed by atoms with van der Waals surface area (Å²) in [5, 5.41) is 0. The van der Waals surface area contributed by atoms with Crippen molar-refractivity contribution in [1.29, 1.82) is 0 Å². The number of hydrogen-bond donors (Lipinski definition) is 0. The lowest BCUT2D eigenvalue weighted by Crippen LogP contribution is -2.24. The van der Waals surface area contributed by atoms with Crippen molar-refractivity contribution < 1.29 is 9.53 Å². The molecule has 0 bridgehead atoms. The summed E-state index contributed by atoms with van der Waals surface area (Å²) < 4.78 is 5.59. The molecule has 1 heterocycles. The predicted octanol–water partition coefficient (Wildman–Crippen LogP) is 2.46. The minimum Gasteiger partial charge on any atom is -0.466 e. The Morgan fingerprint density at radius 2 is 2.53 bits per heavy atom. The Labute approximate surface area is 97.4 Å². The highest BCUT2D eigenvalue weighted by Gasteiger charge is 2.28. The van der Waals surface area contributed by atoms with E-state index >= 15 is 0 Å². The SMILES string of the molecule is CCOC(=O)[C@@H]1CCc2nc(Cl)sc2C1. The van der Waals surface area contributed by atoms with Crippen LogP contribution in [0.3, 0.4) is 0 Å². The molecule has 1 aliphatic carbocycles. The first-order chi connectivity index (χ1) is 7.20. The van der Waals surface area contributed by atoms with Crippen molar-refractivity contribution >= 4 is 28.9 Å². The number of nitrogens with zero attached hydrogens (tertiary/aromatic N) is 1. The second-order valence-electron chi connectivity index (χ2n) is 3.53. The molecule has 0 amide bonds. The van der Waals surface area contributed by atoms with Crippen LogP contribution in [0.15, 0.2) is 0 Å². The van der Waals surface area contributed by atoms with E-state index < -0.39 is 0 Å². The smallest absolute Gasteiger partial charge is 0.309 e. The van der Waals surface area contributed by atoms with E-state index in [4.69, 9.17) is 16.3 Å². The third kappa shape index (κ3) is 2.32. The summed E-state index contributed by atoms with van der Waals surface area (Å²) in [4.78, 5) is 16.9. The van der Waals surface area contributed by atoms with Gasteiger partial charge in [0, 0.05) is 4.88 Å². The molecule has 2 rings (SSSR count). The van der Waals surface area contributed by atoms with Gasteiger partial charge < -0.3 is 4.74 Å². The minimum absolute atomic E-state index is 0.00559. The van der Waals surface area contributed by atoms with Crippen LogP contribution in [0.4, 0.5) is 0 Å².